The van der Waals surface area contributed by atoms with Gasteiger partial charge in [0.2, 0.25) is 0 Å². The van der Waals surface area contributed by atoms with Crippen molar-refractivity contribution in [2.45, 2.75) is 57.4 Å². The number of rotatable bonds is 5. The van der Waals surface area contributed by atoms with Crippen molar-refractivity contribution in [3.05, 3.63) is 5.82 Å². The Hall–Kier alpha value is -0.200. The molecule has 0 atom stereocenters. The highest BCUT2D eigenvalue weighted by atomic mass is 127. The van der Waals surface area contributed by atoms with Crippen molar-refractivity contribution in [3.63, 3.8) is 0 Å². The van der Waals surface area contributed by atoms with Gasteiger partial charge in [0.1, 0.15) is 0 Å². The van der Waals surface area contributed by atoms with Gasteiger partial charge in [0, 0.05) is 6.42 Å². The third kappa shape index (κ3) is 3.15. The van der Waals surface area contributed by atoms with Crippen LogP contribution in [-0.2, 0) is 6.42 Å². The summed E-state index contributed by atoms with van der Waals surface area (Å²) in [6.07, 6.45) is 10.0. The molecule has 0 bridgehead atoms. The zero-order valence-electron chi connectivity index (χ0n) is 9.61. The first kappa shape index (κ1) is 12.3. The molecule has 2 rings (SSSR count). The quantitative estimate of drug-likeness (QED) is 0.472. The number of nitrogens with zero attached hydrogens (tertiary/aromatic N) is 4. The van der Waals surface area contributed by atoms with E-state index >= 15 is 0 Å². The maximum absolute atomic E-state index is 4.17. The number of hydrogen-bond donors (Lipinski definition) is 0. The number of halogens is 1. The van der Waals surface area contributed by atoms with Gasteiger partial charge in [-0.1, -0.05) is 41.9 Å². The molecule has 0 N–H and O–H groups in total. The summed E-state index contributed by atoms with van der Waals surface area (Å²) in [4.78, 5) is 0. The fourth-order valence-corrected chi connectivity index (χ4v) is 2.90. The molecule has 1 saturated carbocycles. The first-order valence-corrected chi connectivity index (χ1v) is 7.77. The number of tetrazole rings is 1. The Morgan fingerprint density at radius 1 is 1.19 bits per heavy atom. The molecule has 1 aliphatic carbocycles. The largest absolute Gasteiger partial charge is 0.227 e. The SMILES string of the molecule is ICCCCc1nnnn1C1CCCCC1. The van der Waals surface area contributed by atoms with E-state index in [2.05, 4.69) is 42.8 Å². The van der Waals surface area contributed by atoms with Crippen LogP contribution in [-0.4, -0.2) is 24.6 Å². The van der Waals surface area contributed by atoms with Crippen molar-refractivity contribution < 1.29 is 0 Å². The Morgan fingerprint density at radius 3 is 2.75 bits per heavy atom. The number of hydrogen-bond acceptors (Lipinski definition) is 3. The molecule has 5 heteroatoms. The van der Waals surface area contributed by atoms with Crippen molar-refractivity contribution in [1.82, 2.24) is 20.2 Å². The van der Waals surface area contributed by atoms with Crippen molar-refractivity contribution in [2.24, 2.45) is 0 Å². The molecule has 1 aromatic heterocycles. The molecule has 0 spiro atoms. The standard InChI is InChI=1S/C11H19IN4/c12-9-5-4-8-11-13-14-15-16(11)10-6-2-1-3-7-10/h10H,1-9H2. The van der Waals surface area contributed by atoms with Gasteiger partial charge in [-0.25, -0.2) is 4.68 Å². The van der Waals surface area contributed by atoms with Gasteiger partial charge in [0.05, 0.1) is 6.04 Å². The summed E-state index contributed by atoms with van der Waals surface area (Å²) >= 11 is 2.42. The first-order chi connectivity index (χ1) is 7.92. The van der Waals surface area contributed by atoms with Gasteiger partial charge in [-0.15, -0.1) is 5.10 Å². The summed E-state index contributed by atoms with van der Waals surface area (Å²) in [7, 11) is 0. The first-order valence-electron chi connectivity index (χ1n) is 6.24. The maximum atomic E-state index is 4.17. The zero-order valence-corrected chi connectivity index (χ0v) is 11.8. The highest BCUT2D eigenvalue weighted by Gasteiger charge is 2.19. The third-order valence-electron chi connectivity index (χ3n) is 3.27. The molecule has 1 aromatic rings. The monoisotopic (exact) mass is 334 g/mol. The van der Waals surface area contributed by atoms with E-state index in [1.54, 1.807) is 0 Å². The van der Waals surface area contributed by atoms with Crippen LogP contribution < -0.4 is 0 Å². The Kier molecular flexibility index (Phi) is 4.99. The Bertz CT molecular complexity index is 307. The number of aryl methyl sites for hydroxylation is 1. The Morgan fingerprint density at radius 2 is 2.00 bits per heavy atom. The molecule has 0 radical (unpaired) electrons. The van der Waals surface area contributed by atoms with Gasteiger partial charge >= 0.3 is 0 Å². The smallest absolute Gasteiger partial charge is 0.151 e. The summed E-state index contributed by atoms with van der Waals surface area (Å²) in [5, 5.41) is 12.2. The molecule has 0 saturated heterocycles. The minimum Gasteiger partial charge on any atom is -0.227 e. The van der Waals surface area contributed by atoms with E-state index in [4.69, 9.17) is 0 Å². The second-order valence-corrected chi connectivity index (χ2v) is 5.56. The average molecular weight is 334 g/mol. The minimum atomic E-state index is 0.568. The van der Waals surface area contributed by atoms with Crippen LogP contribution in [0.2, 0.25) is 0 Å². The van der Waals surface area contributed by atoms with E-state index in [9.17, 15) is 0 Å². The van der Waals surface area contributed by atoms with E-state index in [0.29, 0.717) is 6.04 Å². The van der Waals surface area contributed by atoms with Crippen LogP contribution in [0.1, 0.15) is 56.8 Å². The summed E-state index contributed by atoms with van der Waals surface area (Å²) in [6, 6.07) is 0.568. The fraction of sp³-hybridized carbons (Fsp3) is 0.909. The predicted molar refractivity (Wildman–Crippen MR) is 71.8 cm³/mol. The second kappa shape index (κ2) is 6.51. The summed E-state index contributed by atoms with van der Waals surface area (Å²) in [5.74, 6) is 1.09. The van der Waals surface area contributed by atoms with Gasteiger partial charge in [-0.3, -0.25) is 0 Å². The van der Waals surface area contributed by atoms with Crippen LogP contribution in [0.4, 0.5) is 0 Å². The van der Waals surface area contributed by atoms with Crippen LogP contribution in [0, 0.1) is 0 Å². The molecule has 0 amide bonds. The highest BCUT2D eigenvalue weighted by Crippen LogP contribution is 2.27. The zero-order chi connectivity index (χ0) is 11.2. The molecular formula is C11H19IN4. The molecular weight excluding hydrogens is 315 g/mol. The molecule has 0 unspecified atom stereocenters. The van der Waals surface area contributed by atoms with Gasteiger partial charge in [0.25, 0.3) is 0 Å². The number of unbranched alkanes of at least 4 members (excludes halogenated alkanes) is 1. The van der Waals surface area contributed by atoms with Gasteiger partial charge in [-0.2, -0.15) is 0 Å². The molecule has 16 heavy (non-hydrogen) atoms. The molecule has 0 aromatic carbocycles. The summed E-state index contributed by atoms with van der Waals surface area (Å²) in [6.45, 7) is 0. The van der Waals surface area contributed by atoms with Crippen molar-refractivity contribution in [2.75, 3.05) is 4.43 Å². The van der Waals surface area contributed by atoms with Crippen molar-refractivity contribution in [1.29, 1.82) is 0 Å². The lowest BCUT2D eigenvalue weighted by molar-refractivity contribution is 0.316. The molecule has 1 fully saturated rings. The summed E-state index contributed by atoms with van der Waals surface area (Å²) in [5.41, 5.74) is 0. The van der Waals surface area contributed by atoms with Gasteiger partial charge in [0.15, 0.2) is 5.82 Å². The molecule has 1 heterocycles. The van der Waals surface area contributed by atoms with Crippen LogP contribution in [0.3, 0.4) is 0 Å². The lowest BCUT2D eigenvalue weighted by Gasteiger charge is -2.22. The van der Waals surface area contributed by atoms with Gasteiger partial charge in [-0.05, 0) is 40.5 Å². The normalized spacial score (nSPS) is 17.8. The topological polar surface area (TPSA) is 43.6 Å². The molecule has 1 aliphatic rings. The lowest BCUT2D eigenvalue weighted by Crippen LogP contribution is -2.17. The highest BCUT2D eigenvalue weighted by molar-refractivity contribution is 14.1. The van der Waals surface area contributed by atoms with E-state index in [-0.39, 0.29) is 0 Å². The van der Waals surface area contributed by atoms with Crippen LogP contribution in [0.25, 0.3) is 0 Å². The van der Waals surface area contributed by atoms with Crippen LogP contribution in [0.15, 0.2) is 0 Å². The average Bonchev–Trinajstić information content (AvgIpc) is 2.79. The lowest BCUT2D eigenvalue weighted by atomic mass is 9.95. The van der Waals surface area contributed by atoms with Crippen LogP contribution in [0.5, 0.6) is 0 Å². The Balaban J connectivity index is 1.94. The molecule has 0 aliphatic heterocycles. The van der Waals surface area contributed by atoms with E-state index in [1.807, 2.05) is 0 Å². The second-order valence-electron chi connectivity index (χ2n) is 4.48. The summed E-state index contributed by atoms with van der Waals surface area (Å²) < 4.78 is 3.31. The maximum Gasteiger partial charge on any atom is 0.151 e. The molecule has 4 nitrogen and oxygen atoms in total. The third-order valence-corrected chi connectivity index (χ3v) is 4.03. The number of aromatic nitrogens is 4. The molecule has 90 valence electrons. The number of alkyl halides is 1. The van der Waals surface area contributed by atoms with Crippen molar-refractivity contribution in [3.8, 4) is 0 Å². The minimum absolute atomic E-state index is 0.568. The van der Waals surface area contributed by atoms with E-state index < -0.39 is 0 Å². The Labute approximate surface area is 110 Å². The van der Waals surface area contributed by atoms with Crippen molar-refractivity contribution >= 4 is 22.6 Å². The van der Waals surface area contributed by atoms with E-state index in [1.165, 1.54) is 49.4 Å². The van der Waals surface area contributed by atoms with Gasteiger partial charge < -0.3 is 0 Å². The predicted octanol–water partition coefficient (Wildman–Crippen LogP) is 2.94. The van der Waals surface area contributed by atoms with E-state index in [0.717, 1.165) is 12.2 Å². The fourth-order valence-electron chi connectivity index (χ4n) is 2.36. The van der Waals surface area contributed by atoms with Crippen LogP contribution >= 0.6 is 22.6 Å².